The Bertz CT molecular complexity index is 176. The summed E-state index contributed by atoms with van der Waals surface area (Å²) in [6.45, 7) is 0.664. The van der Waals surface area contributed by atoms with Crippen molar-refractivity contribution in [1.29, 1.82) is 0 Å². The van der Waals surface area contributed by atoms with Crippen LogP contribution in [0.25, 0.3) is 0 Å². The monoisotopic (exact) mass is 230 g/mol. The fourth-order valence-corrected chi connectivity index (χ4v) is 1.45. The zero-order valence-electron chi connectivity index (χ0n) is 5.23. The molecule has 0 N–H and O–H groups in total. The van der Waals surface area contributed by atoms with E-state index in [2.05, 4.69) is 4.52 Å². The van der Waals surface area contributed by atoms with Crippen LogP contribution in [0.3, 0.4) is 0 Å². The van der Waals surface area contributed by atoms with E-state index in [1.165, 1.54) is 0 Å². The molecule has 1 atom stereocenters. The van der Waals surface area contributed by atoms with Gasteiger partial charge in [-0.1, -0.05) is 0 Å². The second-order valence-electron chi connectivity index (χ2n) is 1.70. The maximum Gasteiger partial charge on any atom is 0.414 e. The van der Waals surface area contributed by atoms with Crippen LogP contribution in [0.5, 0.6) is 0 Å². The minimum absolute atomic E-state index is 0.664. The number of hydrogen-bond donors (Lipinski definition) is 0. The van der Waals surface area contributed by atoms with Gasteiger partial charge in [-0.3, -0.25) is 9.09 Å². The Morgan fingerprint density at radius 3 is 1.91 bits per heavy atom. The normalized spacial score (nSPS) is 16.5. The van der Waals surface area contributed by atoms with Crippen LogP contribution in [0, 0.1) is 0 Å². The lowest BCUT2D eigenvalue weighted by Crippen LogP contribution is -2.26. The first kappa shape index (κ1) is 11.6. The Balaban J connectivity index is 4.10. The van der Waals surface area contributed by atoms with Gasteiger partial charge >= 0.3 is 12.3 Å². The molecule has 0 saturated heterocycles. The van der Waals surface area contributed by atoms with E-state index < -0.39 is 18.4 Å². The average molecular weight is 231 g/mol. The van der Waals surface area contributed by atoms with Crippen LogP contribution in [0.4, 0.5) is 13.2 Å². The summed E-state index contributed by atoms with van der Waals surface area (Å²) in [5.41, 5.74) is 0. The summed E-state index contributed by atoms with van der Waals surface area (Å²) in [6, 6.07) is 0. The van der Waals surface area contributed by atoms with Crippen molar-refractivity contribution in [2.45, 2.75) is 19.2 Å². The van der Waals surface area contributed by atoms with Crippen molar-refractivity contribution in [3.8, 4) is 0 Å². The van der Waals surface area contributed by atoms with Crippen LogP contribution in [0.1, 0.15) is 6.92 Å². The molecule has 0 aliphatic carbocycles. The van der Waals surface area contributed by atoms with E-state index in [0.717, 1.165) is 0 Å². The van der Waals surface area contributed by atoms with Gasteiger partial charge in [-0.25, -0.2) is 0 Å². The van der Waals surface area contributed by atoms with Crippen LogP contribution < -0.4 is 0 Å². The highest BCUT2D eigenvalue weighted by Gasteiger charge is 2.40. The van der Waals surface area contributed by atoms with Gasteiger partial charge in [-0.05, 0) is 29.4 Å². The lowest BCUT2D eigenvalue weighted by Gasteiger charge is -2.15. The Hall–Kier alpha value is 0.560. The van der Waals surface area contributed by atoms with Gasteiger partial charge in [-0.15, -0.1) is 0 Å². The molecule has 0 aromatic rings. The molecule has 0 spiro atoms. The summed E-state index contributed by atoms with van der Waals surface area (Å²) < 4.78 is 48.9. The average Bonchev–Trinajstić information content (AvgIpc) is 1.56. The second-order valence-corrected chi connectivity index (χ2v) is 5.93. The van der Waals surface area contributed by atoms with Gasteiger partial charge in [0.25, 0.3) is 0 Å². The number of rotatable bonds is 2. The van der Waals surface area contributed by atoms with Gasteiger partial charge < -0.3 is 0 Å². The SMILES string of the molecule is CC(OP(=O)(Cl)Cl)C(F)(F)F. The highest BCUT2D eigenvalue weighted by molar-refractivity contribution is 8.05. The van der Waals surface area contributed by atoms with E-state index in [-0.39, 0.29) is 0 Å². The van der Waals surface area contributed by atoms with Crippen molar-refractivity contribution in [3.63, 3.8) is 0 Å². The fraction of sp³-hybridized carbons (Fsp3) is 1.00. The highest BCUT2D eigenvalue weighted by Crippen LogP contribution is 2.59. The topological polar surface area (TPSA) is 26.3 Å². The van der Waals surface area contributed by atoms with E-state index in [4.69, 9.17) is 22.5 Å². The minimum atomic E-state index is -4.60. The van der Waals surface area contributed by atoms with Gasteiger partial charge in [0.1, 0.15) is 0 Å². The van der Waals surface area contributed by atoms with Gasteiger partial charge in [0.15, 0.2) is 6.10 Å². The Kier molecular flexibility index (Phi) is 3.70. The molecule has 0 aromatic carbocycles. The third-order valence-electron chi connectivity index (χ3n) is 0.742. The first-order valence-electron chi connectivity index (χ1n) is 2.37. The van der Waals surface area contributed by atoms with Gasteiger partial charge in [0.2, 0.25) is 0 Å². The predicted octanol–water partition coefficient (Wildman–Crippen LogP) is 3.54. The molecule has 0 bridgehead atoms. The van der Waals surface area contributed by atoms with Gasteiger partial charge in [0, 0.05) is 0 Å². The first-order valence-corrected chi connectivity index (χ1v) is 5.81. The number of hydrogen-bond acceptors (Lipinski definition) is 2. The maximum absolute atomic E-state index is 11.6. The molecule has 1 unspecified atom stereocenters. The molecule has 0 rings (SSSR count). The van der Waals surface area contributed by atoms with Crippen LogP contribution in [-0.2, 0) is 9.09 Å². The van der Waals surface area contributed by atoms with Crippen LogP contribution in [0.2, 0.25) is 0 Å². The van der Waals surface area contributed by atoms with E-state index in [1.807, 2.05) is 0 Å². The zero-order valence-corrected chi connectivity index (χ0v) is 7.64. The predicted molar refractivity (Wildman–Crippen MR) is 35.9 cm³/mol. The van der Waals surface area contributed by atoms with Crippen molar-refractivity contribution >= 4 is 28.6 Å². The summed E-state index contributed by atoms with van der Waals surface area (Å²) in [7, 11) is 0. The summed E-state index contributed by atoms with van der Waals surface area (Å²) in [4.78, 5) is 0. The first-order chi connectivity index (χ1) is 4.63. The van der Waals surface area contributed by atoms with E-state index in [0.29, 0.717) is 6.92 Å². The summed E-state index contributed by atoms with van der Waals surface area (Å²) in [6.07, 6.45) is -10.9. The van der Waals surface area contributed by atoms with Crippen LogP contribution >= 0.6 is 28.6 Å². The Labute approximate surface area is 70.6 Å². The minimum Gasteiger partial charge on any atom is -0.294 e. The van der Waals surface area contributed by atoms with Crippen LogP contribution in [-0.4, -0.2) is 12.3 Å². The summed E-state index contributed by atoms with van der Waals surface area (Å²) >= 11 is 9.47. The van der Waals surface area contributed by atoms with Gasteiger partial charge in [0.05, 0.1) is 0 Å². The van der Waals surface area contributed by atoms with Crippen molar-refractivity contribution in [1.82, 2.24) is 0 Å². The lowest BCUT2D eigenvalue weighted by molar-refractivity contribution is -0.187. The molecule has 0 saturated carbocycles. The molecule has 2 nitrogen and oxygen atoms in total. The molecule has 0 amide bonds. The third kappa shape index (κ3) is 5.79. The summed E-state index contributed by atoms with van der Waals surface area (Å²) in [5, 5.41) is 0. The third-order valence-corrected chi connectivity index (χ3v) is 1.78. The molecule has 0 radical (unpaired) electrons. The summed E-state index contributed by atoms with van der Waals surface area (Å²) in [5.74, 6) is 0. The molecule has 68 valence electrons. The molecule has 0 aliphatic heterocycles. The van der Waals surface area contributed by atoms with E-state index in [9.17, 15) is 17.7 Å². The zero-order chi connectivity index (χ0) is 9.28. The lowest BCUT2D eigenvalue weighted by atomic mass is 10.4. The van der Waals surface area contributed by atoms with Gasteiger partial charge in [-0.2, -0.15) is 13.2 Å². The molecule has 0 heterocycles. The number of alkyl halides is 3. The highest BCUT2D eigenvalue weighted by atomic mass is 35.9. The molecular formula is C3H4Cl2F3O2P. The van der Waals surface area contributed by atoms with Crippen molar-refractivity contribution in [2.75, 3.05) is 0 Å². The largest absolute Gasteiger partial charge is 0.414 e. The molecule has 0 aliphatic rings. The molecule has 0 fully saturated rings. The van der Waals surface area contributed by atoms with Crippen LogP contribution in [0.15, 0.2) is 0 Å². The quantitative estimate of drug-likeness (QED) is 0.679. The smallest absolute Gasteiger partial charge is 0.294 e. The maximum atomic E-state index is 11.6. The van der Waals surface area contributed by atoms with Crippen molar-refractivity contribution in [2.24, 2.45) is 0 Å². The molecule has 8 heteroatoms. The van der Waals surface area contributed by atoms with E-state index in [1.54, 1.807) is 0 Å². The number of halogens is 5. The van der Waals surface area contributed by atoms with Crippen molar-refractivity contribution < 1.29 is 22.3 Å². The molecule has 11 heavy (non-hydrogen) atoms. The fourth-order valence-electron chi connectivity index (χ4n) is 0.244. The Morgan fingerprint density at radius 1 is 1.45 bits per heavy atom. The molecule has 0 aromatic heterocycles. The molecular weight excluding hydrogens is 227 g/mol. The second kappa shape index (κ2) is 3.52. The van der Waals surface area contributed by atoms with Crippen molar-refractivity contribution in [3.05, 3.63) is 0 Å². The Morgan fingerprint density at radius 2 is 1.82 bits per heavy atom. The van der Waals surface area contributed by atoms with E-state index >= 15 is 0 Å². The standard InChI is InChI=1S/C3H4Cl2F3O2P/c1-2(3(6,7)8)10-11(4,5)9/h2H,1H3.